The molecule has 1 aliphatic rings. The third kappa shape index (κ3) is 3.28. The Morgan fingerprint density at radius 1 is 1.38 bits per heavy atom. The van der Waals surface area contributed by atoms with Crippen LogP contribution in [0, 0.1) is 11.8 Å². The summed E-state index contributed by atoms with van der Waals surface area (Å²) >= 11 is 0. The number of hydrogen-bond acceptors (Lipinski definition) is 2. The molecule has 0 aromatic heterocycles. The Morgan fingerprint density at radius 2 is 2.00 bits per heavy atom. The predicted molar refractivity (Wildman–Crippen MR) is 55.7 cm³/mol. The van der Waals surface area contributed by atoms with E-state index >= 15 is 0 Å². The van der Waals surface area contributed by atoms with Crippen LogP contribution in [0.2, 0.25) is 0 Å². The molecule has 78 valence electrons. The summed E-state index contributed by atoms with van der Waals surface area (Å²) in [6.07, 6.45) is 3.94. The van der Waals surface area contributed by atoms with Gasteiger partial charge in [-0.2, -0.15) is 0 Å². The fourth-order valence-corrected chi connectivity index (χ4v) is 1.82. The van der Waals surface area contributed by atoms with Crippen molar-refractivity contribution in [1.29, 1.82) is 0 Å². The van der Waals surface area contributed by atoms with E-state index in [2.05, 4.69) is 26.1 Å². The van der Waals surface area contributed by atoms with Crippen LogP contribution in [0.4, 0.5) is 0 Å². The number of rotatable bonds is 6. The largest absolute Gasteiger partial charge is 0.395 e. The molecule has 2 N–H and O–H groups in total. The van der Waals surface area contributed by atoms with E-state index in [9.17, 15) is 5.11 Å². The number of hydrogen-bond donors (Lipinski definition) is 2. The van der Waals surface area contributed by atoms with Crippen LogP contribution in [0.5, 0.6) is 0 Å². The molecule has 0 bridgehead atoms. The van der Waals surface area contributed by atoms with Gasteiger partial charge in [0.25, 0.3) is 0 Å². The molecule has 2 unspecified atom stereocenters. The molecule has 2 heteroatoms. The second-order valence-electron chi connectivity index (χ2n) is 4.55. The second-order valence-corrected chi connectivity index (χ2v) is 4.55. The molecule has 0 radical (unpaired) electrons. The van der Waals surface area contributed by atoms with Gasteiger partial charge in [-0.05, 0) is 31.1 Å². The van der Waals surface area contributed by atoms with Crippen LogP contribution in [0.1, 0.15) is 40.0 Å². The topological polar surface area (TPSA) is 32.3 Å². The highest BCUT2D eigenvalue weighted by Gasteiger charge is 2.31. The predicted octanol–water partition coefficient (Wildman–Crippen LogP) is 1.78. The summed E-state index contributed by atoms with van der Waals surface area (Å²) in [6, 6.07) is 0.921. The van der Waals surface area contributed by atoms with Crippen molar-refractivity contribution in [2.45, 2.75) is 52.1 Å². The fourth-order valence-electron chi connectivity index (χ4n) is 1.82. The van der Waals surface area contributed by atoms with Gasteiger partial charge < -0.3 is 10.4 Å². The quantitative estimate of drug-likeness (QED) is 0.661. The molecule has 0 aliphatic heterocycles. The first kappa shape index (κ1) is 11.0. The third-order valence-electron chi connectivity index (χ3n) is 3.06. The molecule has 0 amide bonds. The Morgan fingerprint density at radius 3 is 2.31 bits per heavy atom. The first-order valence-electron chi connectivity index (χ1n) is 5.56. The van der Waals surface area contributed by atoms with Crippen LogP contribution in [-0.4, -0.2) is 23.8 Å². The van der Waals surface area contributed by atoms with Crippen LogP contribution in [0.3, 0.4) is 0 Å². The standard InChI is InChI=1S/C11H23NO/c1-4-10(9-5-6-9)12-11(7-13)8(2)3/h8-13H,4-7H2,1-3H3. The van der Waals surface area contributed by atoms with E-state index in [0.29, 0.717) is 12.0 Å². The van der Waals surface area contributed by atoms with Gasteiger partial charge in [0.15, 0.2) is 0 Å². The maximum Gasteiger partial charge on any atom is 0.0587 e. The summed E-state index contributed by atoms with van der Waals surface area (Å²) in [6.45, 7) is 6.81. The summed E-state index contributed by atoms with van der Waals surface area (Å²) < 4.78 is 0. The van der Waals surface area contributed by atoms with E-state index in [1.807, 2.05) is 0 Å². The van der Waals surface area contributed by atoms with Crippen molar-refractivity contribution in [1.82, 2.24) is 5.32 Å². The van der Waals surface area contributed by atoms with E-state index < -0.39 is 0 Å². The van der Waals surface area contributed by atoms with Crippen molar-refractivity contribution in [3.8, 4) is 0 Å². The van der Waals surface area contributed by atoms with Crippen LogP contribution in [-0.2, 0) is 0 Å². The Hall–Kier alpha value is -0.0800. The van der Waals surface area contributed by atoms with Crippen LogP contribution >= 0.6 is 0 Å². The lowest BCUT2D eigenvalue weighted by Crippen LogP contribution is -2.44. The number of aliphatic hydroxyl groups is 1. The van der Waals surface area contributed by atoms with Gasteiger partial charge in [0, 0.05) is 12.1 Å². The van der Waals surface area contributed by atoms with Gasteiger partial charge in [-0.15, -0.1) is 0 Å². The SMILES string of the molecule is CCC(NC(CO)C(C)C)C1CC1. The highest BCUT2D eigenvalue weighted by Crippen LogP contribution is 2.34. The normalized spacial score (nSPS) is 21.9. The Labute approximate surface area is 81.7 Å². The molecule has 1 fully saturated rings. The van der Waals surface area contributed by atoms with Crippen LogP contribution < -0.4 is 5.32 Å². The maximum atomic E-state index is 9.18. The summed E-state index contributed by atoms with van der Waals surface area (Å²) in [5, 5.41) is 12.7. The summed E-state index contributed by atoms with van der Waals surface area (Å²) in [7, 11) is 0. The molecule has 0 aromatic carbocycles. The zero-order valence-electron chi connectivity index (χ0n) is 9.09. The Balaban J connectivity index is 2.33. The summed E-state index contributed by atoms with van der Waals surface area (Å²) in [5.41, 5.74) is 0. The number of nitrogens with one attached hydrogen (secondary N) is 1. The Kier molecular flexibility index (Phi) is 4.20. The lowest BCUT2D eigenvalue weighted by molar-refractivity contribution is 0.193. The van der Waals surface area contributed by atoms with Crippen molar-refractivity contribution in [2.24, 2.45) is 11.8 Å². The van der Waals surface area contributed by atoms with Crippen LogP contribution in [0.15, 0.2) is 0 Å². The van der Waals surface area contributed by atoms with Crippen molar-refractivity contribution < 1.29 is 5.11 Å². The molecule has 0 spiro atoms. The molecule has 0 aromatic rings. The lowest BCUT2D eigenvalue weighted by atomic mass is 10.0. The van der Waals surface area contributed by atoms with Gasteiger partial charge in [0.2, 0.25) is 0 Å². The monoisotopic (exact) mass is 185 g/mol. The van der Waals surface area contributed by atoms with E-state index in [4.69, 9.17) is 0 Å². The minimum absolute atomic E-state index is 0.265. The molecule has 2 nitrogen and oxygen atoms in total. The first-order valence-corrected chi connectivity index (χ1v) is 5.56. The molecule has 1 rings (SSSR count). The average molecular weight is 185 g/mol. The molecule has 13 heavy (non-hydrogen) atoms. The molecule has 0 heterocycles. The highest BCUT2D eigenvalue weighted by atomic mass is 16.3. The van der Waals surface area contributed by atoms with E-state index in [1.165, 1.54) is 19.3 Å². The van der Waals surface area contributed by atoms with Gasteiger partial charge in [0.1, 0.15) is 0 Å². The second kappa shape index (κ2) is 4.97. The van der Waals surface area contributed by atoms with Gasteiger partial charge >= 0.3 is 0 Å². The Bertz CT molecular complexity index is 135. The zero-order valence-corrected chi connectivity index (χ0v) is 9.09. The summed E-state index contributed by atoms with van der Waals surface area (Å²) in [4.78, 5) is 0. The van der Waals surface area contributed by atoms with Crippen molar-refractivity contribution in [3.05, 3.63) is 0 Å². The first-order chi connectivity index (χ1) is 6.19. The molecule has 1 aliphatic carbocycles. The minimum atomic E-state index is 0.265. The fraction of sp³-hybridized carbons (Fsp3) is 1.00. The van der Waals surface area contributed by atoms with Crippen molar-refractivity contribution >= 4 is 0 Å². The molecular weight excluding hydrogens is 162 g/mol. The maximum absolute atomic E-state index is 9.18. The molecule has 1 saturated carbocycles. The number of aliphatic hydroxyl groups excluding tert-OH is 1. The minimum Gasteiger partial charge on any atom is -0.395 e. The van der Waals surface area contributed by atoms with E-state index in [-0.39, 0.29) is 12.6 Å². The molecule has 2 atom stereocenters. The average Bonchev–Trinajstić information content (AvgIpc) is 2.89. The van der Waals surface area contributed by atoms with E-state index in [0.717, 1.165) is 5.92 Å². The van der Waals surface area contributed by atoms with Gasteiger partial charge in [0.05, 0.1) is 6.61 Å². The van der Waals surface area contributed by atoms with Gasteiger partial charge in [-0.1, -0.05) is 20.8 Å². The molecule has 0 saturated heterocycles. The van der Waals surface area contributed by atoms with E-state index in [1.54, 1.807) is 0 Å². The zero-order chi connectivity index (χ0) is 9.84. The van der Waals surface area contributed by atoms with Crippen molar-refractivity contribution in [2.75, 3.05) is 6.61 Å². The molecular formula is C11H23NO. The summed E-state index contributed by atoms with van der Waals surface area (Å²) in [5.74, 6) is 1.41. The van der Waals surface area contributed by atoms with Crippen LogP contribution in [0.25, 0.3) is 0 Å². The van der Waals surface area contributed by atoms with Crippen molar-refractivity contribution in [3.63, 3.8) is 0 Å². The third-order valence-corrected chi connectivity index (χ3v) is 3.06. The van der Waals surface area contributed by atoms with Gasteiger partial charge in [-0.3, -0.25) is 0 Å². The smallest absolute Gasteiger partial charge is 0.0587 e. The van der Waals surface area contributed by atoms with Gasteiger partial charge in [-0.25, -0.2) is 0 Å². The lowest BCUT2D eigenvalue weighted by Gasteiger charge is -2.26. The highest BCUT2D eigenvalue weighted by molar-refractivity contribution is 4.88.